The molecular formula is C15H24N2O2S. The first kappa shape index (κ1) is 15.5. The number of carbonyl (C=O) groups is 1. The van der Waals surface area contributed by atoms with Crippen molar-refractivity contribution in [2.45, 2.75) is 19.9 Å². The molecule has 1 aliphatic heterocycles. The Balaban J connectivity index is 1.84. The van der Waals surface area contributed by atoms with E-state index in [1.54, 1.807) is 18.4 Å². The van der Waals surface area contributed by atoms with Gasteiger partial charge < -0.3 is 9.64 Å². The molecule has 0 radical (unpaired) electrons. The molecular weight excluding hydrogens is 272 g/mol. The third-order valence-electron chi connectivity index (χ3n) is 4.04. The first-order chi connectivity index (χ1) is 9.63. The lowest BCUT2D eigenvalue weighted by Gasteiger charge is -2.38. The summed E-state index contributed by atoms with van der Waals surface area (Å²) in [6.07, 6.45) is 0. The monoisotopic (exact) mass is 296 g/mol. The van der Waals surface area contributed by atoms with Crippen LogP contribution in [0.15, 0.2) is 16.8 Å². The molecule has 1 aliphatic rings. The molecule has 2 rings (SSSR count). The van der Waals surface area contributed by atoms with E-state index in [1.165, 1.54) is 5.56 Å². The SMILES string of the molecule is COC[C@@H](C)C(=O)N1CCN([C@@H](C)c2ccsc2)CC1. The number of piperazine rings is 1. The van der Waals surface area contributed by atoms with Gasteiger partial charge in [-0.05, 0) is 29.3 Å². The number of hydrogen-bond acceptors (Lipinski definition) is 4. The number of carbonyl (C=O) groups excluding carboxylic acids is 1. The van der Waals surface area contributed by atoms with Crippen LogP contribution in [0.3, 0.4) is 0 Å². The van der Waals surface area contributed by atoms with Gasteiger partial charge in [-0.15, -0.1) is 0 Å². The van der Waals surface area contributed by atoms with Crippen molar-refractivity contribution in [1.29, 1.82) is 0 Å². The predicted octanol–water partition coefficient (Wildman–Crippen LogP) is 2.24. The van der Waals surface area contributed by atoms with Crippen LogP contribution in [0.2, 0.25) is 0 Å². The quantitative estimate of drug-likeness (QED) is 0.835. The van der Waals surface area contributed by atoms with Crippen molar-refractivity contribution < 1.29 is 9.53 Å². The second kappa shape index (κ2) is 7.20. The van der Waals surface area contributed by atoms with E-state index in [0.717, 1.165) is 26.2 Å². The number of ether oxygens (including phenoxy) is 1. The summed E-state index contributed by atoms with van der Waals surface area (Å²) in [5.41, 5.74) is 1.38. The molecule has 0 aliphatic carbocycles. The van der Waals surface area contributed by atoms with Crippen molar-refractivity contribution in [2.75, 3.05) is 39.9 Å². The van der Waals surface area contributed by atoms with Crippen molar-refractivity contribution in [3.8, 4) is 0 Å². The molecule has 0 saturated carbocycles. The first-order valence-corrected chi connectivity index (χ1v) is 8.11. The highest BCUT2D eigenvalue weighted by Gasteiger charge is 2.27. The smallest absolute Gasteiger partial charge is 0.227 e. The Morgan fingerprint density at radius 2 is 2.05 bits per heavy atom. The Bertz CT molecular complexity index is 414. The second-order valence-corrected chi connectivity index (χ2v) is 6.23. The van der Waals surface area contributed by atoms with E-state index in [1.807, 2.05) is 11.8 Å². The number of rotatable bonds is 5. The van der Waals surface area contributed by atoms with Gasteiger partial charge in [0.1, 0.15) is 0 Å². The minimum Gasteiger partial charge on any atom is -0.384 e. The van der Waals surface area contributed by atoms with Crippen molar-refractivity contribution in [3.63, 3.8) is 0 Å². The molecule has 1 aromatic heterocycles. The van der Waals surface area contributed by atoms with Crippen LogP contribution in [-0.2, 0) is 9.53 Å². The predicted molar refractivity (Wildman–Crippen MR) is 81.9 cm³/mol. The van der Waals surface area contributed by atoms with Crippen LogP contribution >= 0.6 is 11.3 Å². The molecule has 0 aromatic carbocycles. The number of hydrogen-bond donors (Lipinski definition) is 0. The zero-order valence-corrected chi connectivity index (χ0v) is 13.4. The molecule has 2 heterocycles. The zero-order valence-electron chi connectivity index (χ0n) is 12.5. The second-order valence-electron chi connectivity index (χ2n) is 5.45. The van der Waals surface area contributed by atoms with Gasteiger partial charge in [0, 0.05) is 39.3 Å². The molecule has 112 valence electrons. The van der Waals surface area contributed by atoms with Crippen molar-refractivity contribution in [1.82, 2.24) is 9.80 Å². The Kier molecular flexibility index (Phi) is 5.57. The first-order valence-electron chi connectivity index (χ1n) is 7.17. The van der Waals surface area contributed by atoms with E-state index in [2.05, 4.69) is 28.7 Å². The summed E-state index contributed by atoms with van der Waals surface area (Å²) in [4.78, 5) is 16.6. The molecule has 5 heteroatoms. The summed E-state index contributed by atoms with van der Waals surface area (Å²) >= 11 is 1.74. The lowest BCUT2D eigenvalue weighted by molar-refractivity contribution is -0.138. The van der Waals surface area contributed by atoms with Crippen LogP contribution in [0.4, 0.5) is 0 Å². The minimum absolute atomic E-state index is 0.0409. The fraction of sp³-hybridized carbons (Fsp3) is 0.667. The van der Waals surface area contributed by atoms with Gasteiger partial charge >= 0.3 is 0 Å². The van der Waals surface area contributed by atoms with Gasteiger partial charge in [-0.1, -0.05) is 6.92 Å². The topological polar surface area (TPSA) is 32.8 Å². The van der Waals surface area contributed by atoms with Crippen LogP contribution in [0.5, 0.6) is 0 Å². The van der Waals surface area contributed by atoms with E-state index in [4.69, 9.17) is 4.74 Å². The largest absolute Gasteiger partial charge is 0.384 e. The van der Waals surface area contributed by atoms with Crippen LogP contribution in [0, 0.1) is 5.92 Å². The van der Waals surface area contributed by atoms with Crippen LogP contribution in [-0.4, -0.2) is 55.6 Å². The molecule has 4 nitrogen and oxygen atoms in total. The summed E-state index contributed by atoms with van der Waals surface area (Å²) in [5.74, 6) is 0.176. The lowest BCUT2D eigenvalue weighted by Crippen LogP contribution is -2.50. The van der Waals surface area contributed by atoms with Gasteiger partial charge in [-0.25, -0.2) is 0 Å². The van der Waals surface area contributed by atoms with Crippen molar-refractivity contribution in [2.24, 2.45) is 5.92 Å². The van der Waals surface area contributed by atoms with Crippen LogP contribution < -0.4 is 0 Å². The summed E-state index contributed by atoms with van der Waals surface area (Å²) in [6, 6.07) is 2.63. The van der Waals surface area contributed by atoms with E-state index in [9.17, 15) is 4.79 Å². The number of methoxy groups -OCH3 is 1. The number of amides is 1. The lowest BCUT2D eigenvalue weighted by atomic mass is 10.1. The summed E-state index contributed by atoms with van der Waals surface area (Å²) < 4.78 is 5.07. The highest BCUT2D eigenvalue weighted by molar-refractivity contribution is 7.07. The summed E-state index contributed by atoms with van der Waals surface area (Å²) in [7, 11) is 1.64. The van der Waals surface area contributed by atoms with E-state index in [0.29, 0.717) is 12.6 Å². The Hall–Kier alpha value is -0.910. The summed E-state index contributed by atoms with van der Waals surface area (Å²) in [5, 5.41) is 4.33. The molecule has 0 N–H and O–H groups in total. The highest BCUT2D eigenvalue weighted by Crippen LogP contribution is 2.23. The van der Waals surface area contributed by atoms with Crippen molar-refractivity contribution >= 4 is 17.2 Å². The molecule has 0 bridgehead atoms. The molecule has 0 spiro atoms. The number of thiophene rings is 1. The maximum absolute atomic E-state index is 12.2. The van der Waals surface area contributed by atoms with Gasteiger partial charge in [0.25, 0.3) is 0 Å². The molecule has 1 saturated heterocycles. The Morgan fingerprint density at radius 3 is 2.60 bits per heavy atom. The standard InChI is InChI=1S/C15H24N2O2S/c1-12(10-19-3)15(18)17-7-5-16(6-8-17)13(2)14-4-9-20-11-14/h4,9,11-13H,5-8,10H2,1-3H3/t12-,13+/m1/s1. The van der Waals surface area contributed by atoms with E-state index >= 15 is 0 Å². The fourth-order valence-electron chi connectivity index (χ4n) is 2.69. The molecule has 1 aromatic rings. The van der Waals surface area contributed by atoms with Gasteiger partial charge in [0.15, 0.2) is 0 Å². The van der Waals surface area contributed by atoms with E-state index < -0.39 is 0 Å². The number of nitrogens with zero attached hydrogens (tertiary/aromatic N) is 2. The third-order valence-corrected chi connectivity index (χ3v) is 4.74. The average molecular weight is 296 g/mol. The maximum Gasteiger partial charge on any atom is 0.227 e. The van der Waals surface area contributed by atoms with E-state index in [-0.39, 0.29) is 11.8 Å². The van der Waals surface area contributed by atoms with Gasteiger partial charge in [-0.2, -0.15) is 11.3 Å². The molecule has 1 fully saturated rings. The van der Waals surface area contributed by atoms with Gasteiger partial charge in [0.05, 0.1) is 12.5 Å². The van der Waals surface area contributed by atoms with Crippen LogP contribution in [0.25, 0.3) is 0 Å². The third kappa shape index (κ3) is 3.59. The molecule has 20 heavy (non-hydrogen) atoms. The highest BCUT2D eigenvalue weighted by atomic mass is 32.1. The maximum atomic E-state index is 12.2. The minimum atomic E-state index is -0.0409. The Morgan fingerprint density at radius 1 is 1.35 bits per heavy atom. The Labute approximate surface area is 125 Å². The molecule has 2 atom stereocenters. The molecule has 1 amide bonds. The fourth-order valence-corrected chi connectivity index (χ4v) is 3.43. The molecule has 0 unspecified atom stereocenters. The van der Waals surface area contributed by atoms with Gasteiger partial charge in [0.2, 0.25) is 5.91 Å². The average Bonchev–Trinajstić information content (AvgIpc) is 3.00. The van der Waals surface area contributed by atoms with Crippen LogP contribution in [0.1, 0.15) is 25.5 Å². The summed E-state index contributed by atoms with van der Waals surface area (Å²) in [6.45, 7) is 8.22. The van der Waals surface area contributed by atoms with Crippen molar-refractivity contribution in [3.05, 3.63) is 22.4 Å². The normalized spacial score (nSPS) is 19.9. The zero-order chi connectivity index (χ0) is 14.5. The van der Waals surface area contributed by atoms with Gasteiger partial charge in [-0.3, -0.25) is 9.69 Å².